The monoisotopic (exact) mass is 224 g/mol. The molecule has 16 heavy (non-hydrogen) atoms. The van der Waals surface area contributed by atoms with Crippen molar-refractivity contribution in [1.82, 2.24) is 10.2 Å². The molecule has 0 spiro atoms. The molecule has 3 unspecified atom stereocenters. The molecule has 0 aromatic rings. The average molecular weight is 224 g/mol. The molecule has 2 saturated heterocycles. The quantitative estimate of drug-likeness (QED) is 0.789. The Balaban J connectivity index is 1.68. The van der Waals surface area contributed by atoms with Crippen molar-refractivity contribution in [2.24, 2.45) is 11.8 Å². The molecule has 1 N–H and O–H groups in total. The molecule has 0 aromatic carbocycles. The third-order valence-corrected chi connectivity index (χ3v) is 4.70. The van der Waals surface area contributed by atoms with Crippen LogP contribution in [-0.4, -0.2) is 37.1 Å². The van der Waals surface area contributed by atoms with E-state index < -0.39 is 0 Å². The van der Waals surface area contributed by atoms with Crippen molar-refractivity contribution in [3.8, 4) is 0 Å². The minimum atomic E-state index is 0.844. The van der Waals surface area contributed by atoms with Crippen LogP contribution >= 0.6 is 0 Å². The van der Waals surface area contributed by atoms with Crippen LogP contribution in [0.15, 0.2) is 0 Å². The molecule has 2 aliphatic heterocycles. The Morgan fingerprint density at radius 2 is 2.19 bits per heavy atom. The van der Waals surface area contributed by atoms with E-state index in [-0.39, 0.29) is 0 Å². The first-order chi connectivity index (χ1) is 7.77. The maximum Gasteiger partial charge on any atom is 0.00674 e. The van der Waals surface area contributed by atoms with E-state index >= 15 is 0 Å². The number of piperidine rings is 1. The van der Waals surface area contributed by atoms with E-state index in [0.29, 0.717) is 0 Å². The van der Waals surface area contributed by atoms with Crippen molar-refractivity contribution in [1.29, 1.82) is 0 Å². The molecule has 2 fully saturated rings. The summed E-state index contributed by atoms with van der Waals surface area (Å²) in [5, 5.41) is 3.54. The molecule has 2 rings (SSSR count). The van der Waals surface area contributed by atoms with Gasteiger partial charge in [-0.2, -0.15) is 0 Å². The molecule has 2 heterocycles. The zero-order valence-corrected chi connectivity index (χ0v) is 11.0. The summed E-state index contributed by atoms with van der Waals surface area (Å²) < 4.78 is 0. The summed E-state index contributed by atoms with van der Waals surface area (Å²) in [6.45, 7) is 10.0. The topological polar surface area (TPSA) is 15.3 Å². The molecule has 94 valence electrons. The lowest BCUT2D eigenvalue weighted by atomic mass is 9.85. The first kappa shape index (κ1) is 12.4. The van der Waals surface area contributed by atoms with Crippen LogP contribution < -0.4 is 5.32 Å². The van der Waals surface area contributed by atoms with Gasteiger partial charge in [0.1, 0.15) is 0 Å². The SMILES string of the molecule is CC(CCN1CCCC1C)C1CCCNC1. The van der Waals surface area contributed by atoms with Gasteiger partial charge in [0.15, 0.2) is 0 Å². The molecule has 0 aromatic heterocycles. The van der Waals surface area contributed by atoms with E-state index in [4.69, 9.17) is 0 Å². The summed E-state index contributed by atoms with van der Waals surface area (Å²) in [5.41, 5.74) is 0. The van der Waals surface area contributed by atoms with Gasteiger partial charge < -0.3 is 10.2 Å². The number of nitrogens with one attached hydrogen (secondary N) is 1. The van der Waals surface area contributed by atoms with Gasteiger partial charge in [-0.15, -0.1) is 0 Å². The number of nitrogens with zero attached hydrogens (tertiary/aromatic N) is 1. The molecule has 0 amide bonds. The van der Waals surface area contributed by atoms with Crippen LogP contribution in [0.4, 0.5) is 0 Å². The van der Waals surface area contributed by atoms with E-state index in [9.17, 15) is 0 Å². The fraction of sp³-hybridized carbons (Fsp3) is 1.00. The average Bonchev–Trinajstić information content (AvgIpc) is 2.73. The normalized spacial score (nSPS) is 34.1. The van der Waals surface area contributed by atoms with Crippen LogP contribution in [0, 0.1) is 11.8 Å². The smallest absolute Gasteiger partial charge is 0.00674 e. The Kier molecular flexibility index (Phi) is 4.66. The predicted octanol–water partition coefficient (Wildman–Crippen LogP) is 2.50. The highest BCUT2D eigenvalue weighted by molar-refractivity contribution is 4.78. The maximum atomic E-state index is 3.54. The number of likely N-dealkylation sites (tertiary alicyclic amines) is 1. The summed E-state index contributed by atoms with van der Waals surface area (Å²) in [5.74, 6) is 1.84. The summed E-state index contributed by atoms with van der Waals surface area (Å²) >= 11 is 0. The lowest BCUT2D eigenvalue weighted by molar-refractivity contribution is 0.209. The molecule has 2 aliphatic rings. The van der Waals surface area contributed by atoms with Gasteiger partial charge in [0, 0.05) is 6.04 Å². The highest BCUT2D eigenvalue weighted by Crippen LogP contribution is 2.24. The zero-order chi connectivity index (χ0) is 11.4. The van der Waals surface area contributed by atoms with E-state index in [1.807, 2.05) is 0 Å². The second-order valence-corrected chi connectivity index (χ2v) is 5.90. The highest BCUT2D eigenvalue weighted by atomic mass is 15.2. The fourth-order valence-electron chi connectivity index (χ4n) is 3.29. The largest absolute Gasteiger partial charge is 0.316 e. The predicted molar refractivity (Wildman–Crippen MR) is 69.6 cm³/mol. The molecular formula is C14H28N2. The molecule has 0 radical (unpaired) electrons. The minimum Gasteiger partial charge on any atom is -0.316 e. The zero-order valence-electron chi connectivity index (χ0n) is 11.0. The van der Waals surface area contributed by atoms with Crippen LogP contribution in [0.5, 0.6) is 0 Å². The first-order valence-corrected chi connectivity index (χ1v) is 7.22. The Morgan fingerprint density at radius 1 is 1.31 bits per heavy atom. The summed E-state index contributed by atoms with van der Waals surface area (Å²) in [4.78, 5) is 2.69. The second kappa shape index (κ2) is 6.02. The van der Waals surface area contributed by atoms with Crippen molar-refractivity contribution in [3.63, 3.8) is 0 Å². The van der Waals surface area contributed by atoms with Crippen molar-refractivity contribution >= 4 is 0 Å². The van der Waals surface area contributed by atoms with Crippen LogP contribution in [0.1, 0.15) is 46.0 Å². The molecule has 0 bridgehead atoms. The van der Waals surface area contributed by atoms with E-state index in [2.05, 4.69) is 24.1 Å². The Morgan fingerprint density at radius 3 is 2.81 bits per heavy atom. The van der Waals surface area contributed by atoms with Crippen LogP contribution in [0.3, 0.4) is 0 Å². The number of rotatable bonds is 4. The Labute approximate surface area is 101 Å². The van der Waals surface area contributed by atoms with Gasteiger partial charge in [-0.25, -0.2) is 0 Å². The number of hydrogen-bond acceptors (Lipinski definition) is 2. The maximum absolute atomic E-state index is 3.54. The Hall–Kier alpha value is -0.0800. The third kappa shape index (κ3) is 3.21. The lowest BCUT2D eigenvalue weighted by Gasteiger charge is -2.30. The van der Waals surface area contributed by atoms with Gasteiger partial charge >= 0.3 is 0 Å². The van der Waals surface area contributed by atoms with Gasteiger partial charge in [-0.3, -0.25) is 0 Å². The molecular weight excluding hydrogens is 196 g/mol. The van der Waals surface area contributed by atoms with E-state index in [1.54, 1.807) is 0 Å². The third-order valence-electron chi connectivity index (χ3n) is 4.70. The Bertz CT molecular complexity index is 199. The van der Waals surface area contributed by atoms with Crippen LogP contribution in [0.2, 0.25) is 0 Å². The van der Waals surface area contributed by atoms with Crippen molar-refractivity contribution < 1.29 is 0 Å². The fourth-order valence-corrected chi connectivity index (χ4v) is 3.29. The van der Waals surface area contributed by atoms with Gasteiger partial charge in [-0.05, 0) is 77.0 Å². The van der Waals surface area contributed by atoms with Crippen molar-refractivity contribution in [3.05, 3.63) is 0 Å². The summed E-state index contributed by atoms with van der Waals surface area (Å²) in [6, 6.07) is 0.844. The van der Waals surface area contributed by atoms with Gasteiger partial charge in [-0.1, -0.05) is 6.92 Å². The molecule has 3 atom stereocenters. The standard InChI is InChI=1S/C14H28N2/c1-12(14-6-3-8-15-11-14)7-10-16-9-4-5-13(16)2/h12-15H,3-11H2,1-2H3. The van der Waals surface area contributed by atoms with E-state index in [0.717, 1.165) is 17.9 Å². The van der Waals surface area contributed by atoms with Crippen LogP contribution in [-0.2, 0) is 0 Å². The minimum absolute atomic E-state index is 0.844. The summed E-state index contributed by atoms with van der Waals surface area (Å²) in [6.07, 6.45) is 7.06. The van der Waals surface area contributed by atoms with Crippen molar-refractivity contribution in [2.45, 2.75) is 52.0 Å². The van der Waals surface area contributed by atoms with Gasteiger partial charge in [0.2, 0.25) is 0 Å². The first-order valence-electron chi connectivity index (χ1n) is 7.22. The van der Waals surface area contributed by atoms with Crippen LogP contribution in [0.25, 0.3) is 0 Å². The highest BCUT2D eigenvalue weighted by Gasteiger charge is 2.23. The molecule has 2 nitrogen and oxygen atoms in total. The number of hydrogen-bond donors (Lipinski definition) is 1. The van der Waals surface area contributed by atoms with Gasteiger partial charge in [0.25, 0.3) is 0 Å². The summed E-state index contributed by atoms with van der Waals surface area (Å²) in [7, 11) is 0. The molecule has 0 aliphatic carbocycles. The lowest BCUT2D eigenvalue weighted by Crippen LogP contribution is -2.35. The second-order valence-electron chi connectivity index (χ2n) is 5.90. The molecule has 2 heteroatoms. The van der Waals surface area contributed by atoms with Gasteiger partial charge in [0.05, 0.1) is 0 Å². The van der Waals surface area contributed by atoms with E-state index in [1.165, 1.54) is 58.3 Å². The van der Waals surface area contributed by atoms with Crippen molar-refractivity contribution in [2.75, 3.05) is 26.2 Å². The molecule has 0 saturated carbocycles.